The highest BCUT2D eigenvalue weighted by Gasteiger charge is 2.08. The SMILES string of the molecule is CC(=O)c1ccc(Nc2cc(F)ccc2F)cc1N. The Morgan fingerprint density at radius 3 is 2.53 bits per heavy atom. The van der Waals surface area contributed by atoms with Gasteiger partial charge >= 0.3 is 0 Å². The fourth-order valence-corrected chi connectivity index (χ4v) is 1.71. The molecule has 0 saturated carbocycles. The molecule has 0 aliphatic heterocycles. The van der Waals surface area contributed by atoms with Crippen LogP contribution in [0.3, 0.4) is 0 Å². The molecular weight excluding hydrogens is 250 g/mol. The lowest BCUT2D eigenvalue weighted by molar-refractivity contribution is 0.101. The van der Waals surface area contributed by atoms with Crippen molar-refractivity contribution >= 4 is 22.8 Å². The van der Waals surface area contributed by atoms with Gasteiger partial charge in [0, 0.05) is 23.0 Å². The molecule has 0 aliphatic rings. The summed E-state index contributed by atoms with van der Waals surface area (Å²) in [5, 5.41) is 2.71. The molecule has 5 heteroatoms. The molecule has 0 bridgehead atoms. The summed E-state index contributed by atoms with van der Waals surface area (Å²) in [6.45, 7) is 1.41. The van der Waals surface area contributed by atoms with E-state index < -0.39 is 11.6 Å². The smallest absolute Gasteiger partial charge is 0.161 e. The van der Waals surface area contributed by atoms with E-state index in [4.69, 9.17) is 5.73 Å². The number of nitrogens with one attached hydrogen (secondary N) is 1. The van der Waals surface area contributed by atoms with Crippen LogP contribution in [0.4, 0.5) is 25.8 Å². The van der Waals surface area contributed by atoms with Crippen molar-refractivity contribution in [2.45, 2.75) is 6.92 Å². The number of nitrogens with two attached hydrogens (primary N) is 1. The van der Waals surface area contributed by atoms with E-state index in [1.165, 1.54) is 19.1 Å². The van der Waals surface area contributed by atoms with Gasteiger partial charge in [0.2, 0.25) is 0 Å². The van der Waals surface area contributed by atoms with Gasteiger partial charge in [-0.15, -0.1) is 0 Å². The van der Waals surface area contributed by atoms with Crippen molar-refractivity contribution in [2.24, 2.45) is 0 Å². The fourth-order valence-electron chi connectivity index (χ4n) is 1.71. The van der Waals surface area contributed by atoms with E-state index in [0.717, 1.165) is 18.2 Å². The number of ketones is 1. The van der Waals surface area contributed by atoms with Crippen molar-refractivity contribution in [3.05, 3.63) is 53.6 Å². The standard InChI is InChI=1S/C14H12F2N2O/c1-8(19)11-4-3-10(7-13(11)17)18-14-6-9(15)2-5-12(14)16/h2-7,18H,17H2,1H3. The molecule has 0 spiro atoms. The molecule has 0 radical (unpaired) electrons. The van der Waals surface area contributed by atoms with E-state index in [1.54, 1.807) is 6.07 Å². The van der Waals surface area contributed by atoms with Crippen molar-refractivity contribution in [2.75, 3.05) is 11.1 Å². The highest BCUT2D eigenvalue weighted by atomic mass is 19.1. The van der Waals surface area contributed by atoms with Crippen LogP contribution >= 0.6 is 0 Å². The number of anilines is 3. The average Bonchev–Trinajstić information content (AvgIpc) is 2.33. The maximum atomic E-state index is 13.4. The molecule has 0 saturated heterocycles. The first kappa shape index (κ1) is 13.0. The van der Waals surface area contributed by atoms with Crippen LogP contribution in [0, 0.1) is 11.6 Å². The van der Waals surface area contributed by atoms with E-state index >= 15 is 0 Å². The highest BCUT2D eigenvalue weighted by molar-refractivity contribution is 5.99. The van der Waals surface area contributed by atoms with Gasteiger partial charge in [-0.05, 0) is 37.3 Å². The summed E-state index contributed by atoms with van der Waals surface area (Å²) in [6.07, 6.45) is 0. The summed E-state index contributed by atoms with van der Waals surface area (Å²) in [6, 6.07) is 7.73. The third-order valence-electron chi connectivity index (χ3n) is 2.64. The lowest BCUT2D eigenvalue weighted by atomic mass is 10.1. The Morgan fingerprint density at radius 1 is 1.16 bits per heavy atom. The molecule has 19 heavy (non-hydrogen) atoms. The molecule has 0 fully saturated rings. The van der Waals surface area contributed by atoms with Crippen molar-refractivity contribution in [1.29, 1.82) is 0 Å². The molecule has 98 valence electrons. The Labute approximate surface area is 109 Å². The summed E-state index contributed by atoms with van der Waals surface area (Å²) in [5.74, 6) is -1.27. The predicted octanol–water partition coefficient (Wildman–Crippen LogP) is 3.49. The zero-order valence-corrected chi connectivity index (χ0v) is 10.2. The number of carbonyl (C=O) groups is 1. The van der Waals surface area contributed by atoms with Crippen LogP contribution < -0.4 is 11.1 Å². The second-order valence-electron chi connectivity index (χ2n) is 4.11. The monoisotopic (exact) mass is 262 g/mol. The van der Waals surface area contributed by atoms with Gasteiger partial charge in [0.25, 0.3) is 0 Å². The van der Waals surface area contributed by atoms with Crippen LogP contribution in [-0.4, -0.2) is 5.78 Å². The normalized spacial score (nSPS) is 10.3. The molecule has 3 N–H and O–H groups in total. The number of halogens is 2. The summed E-state index contributed by atoms with van der Waals surface area (Å²) >= 11 is 0. The first-order chi connectivity index (χ1) is 8.97. The van der Waals surface area contributed by atoms with Gasteiger partial charge in [0.15, 0.2) is 5.78 Å². The molecule has 0 atom stereocenters. The van der Waals surface area contributed by atoms with Crippen LogP contribution in [0.2, 0.25) is 0 Å². The third kappa shape index (κ3) is 2.88. The van der Waals surface area contributed by atoms with Crippen molar-refractivity contribution < 1.29 is 13.6 Å². The fraction of sp³-hybridized carbons (Fsp3) is 0.0714. The molecule has 0 heterocycles. The molecule has 2 aromatic carbocycles. The maximum Gasteiger partial charge on any atom is 0.161 e. The number of hydrogen-bond donors (Lipinski definition) is 2. The van der Waals surface area contributed by atoms with Gasteiger partial charge in [0.05, 0.1) is 5.69 Å². The summed E-state index contributed by atoms with van der Waals surface area (Å²) in [4.78, 5) is 11.2. The Kier molecular flexibility index (Phi) is 3.46. The molecule has 0 aliphatic carbocycles. The minimum Gasteiger partial charge on any atom is -0.398 e. The summed E-state index contributed by atoms with van der Waals surface area (Å²) in [5.41, 5.74) is 6.88. The summed E-state index contributed by atoms with van der Waals surface area (Å²) < 4.78 is 26.5. The second-order valence-corrected chi connectivity index (χ2v) is 4.11. The minimum absolute atomic E-state index is 0.00924. The Bertz CT molecular complexity index is 641. The van der Waals surface area contributed by atoms with E-state index in [2.05, 4.69) is 5.32 Å². The molecule has 0 aromatic heterocycles. The molecular formula is C14H12F2N2O. The van der Waals surface area contributed by atoms with Gasteiger partial charge in [0.1, 0.15) is 11.6 Å². The number of hydrogen-bond acceptors (Lipinski definition) is 3. The largest absolute Gasteiger partial charge is 0.398 e. The van der Waals surface area contributed by atoms with Crippen LogP contribution in [0.5, 0.6) is 0 Å². The quantitative estimate of drug-likeness (QED) is 0.657. The zero-order chi connectivity index (χ0) is 14.0. The van der Waals surface area contributed by atoms with Gasteiger partial charge in [-0.1, -0.05) is 0 Å². The number of rotatable bonds is 3. The van der Waals surface area contributed by atoms with Crippen molar-refractivity contribution in [3.63, 3.8) is 0 Å². The van der Waals surface area contributed by atoms with Gasteiger partial charge in [-0.25, -0.2) is 8.78 Å². The van der Waals surface area contributed by atoms with Crippen LogP contribution in [0.15, 0.2) is 36.4 Å². The van der Waals surface area contributed by atoms with E-state index in [9.17, 15) is 13.6 Å². The van der Waals surface area contributed by atoms with Crippen LogP contribution in [0.25, 0.3) is 0 Å². The molecule has 0 unspecified atom stereocenters. The molecule has 2 rings (SSSR count). The van der Waals surface area contributed by atoms with E-state index in [0.29, 0.717) is 11.3 Å². The van der Waals surface area contributed by atoms with Crippen molar-refractivity contribution in [1.82, 2.24) is 0 Å². The number of Topliss-reactive ketones (excluding diaryl/α,β-unsaturated/α-hetero) is 1. The second kappa shape index (κ2) is 5.06. The first-order valence-electron chi connectivity index (χ1n) is 5.60. The molecule has 3 nitrogen and oxygen atoms in total. The molecule has 0 amide bonds. The van der Waals surface area contributed by atoms with Gasteiger partial charge < -0.3 is 11.1 Å². The van der Waals surface area contributed by atoms with Crippen LogP contribution in [0.1, 0.15) is 17.3 Å². The van der Waals surface area contributed by atoms with Gasteiger partial charge in [-0.3, -0.25) is 4.79 Å². The lowest BCUT2D eigenvalue weighted by Crippen LogP contribution is -2.01. The first-order valence-corrected chi connectivity index (χ1v) is 5.60. The minimum atomic E-state index is -0.574. The topological polar surface area (TPSA) is 55.1 Å². The zero-order valence-electron chi connectivity index (χ0n) is 10.2. The Hall–Kier alpha value is -2.43. The van der Waals surface area contributed by atoms with E-state index in [-0.39, 0.29) is 17.2 Å². The Balaban J connectivity index is 2.31. The summed E-state index contributed by atoms with van der Waals surface area (Å²) in [7, 11) is 0. The number of carbonyl (C=O) groups excluding carboxylic acids is 1. The number of benzene rings is 2. The predicted molar refractivity (Wildman–Crippen MR) is 70.5 cm³/mol. The Morgan fingerprint density at radius 2 is 1.89 bits per heavy atom. The highest BCUT2D eigenvalue weighted by Crippen LogP contribution is 2.24. The maximum absolute atomic E-state index is 13.4. The third-order valence-corrected chi connectivity index (χ3v) is 2.64. The van der Waals surface area contributed by atoms with Gasteiger partial charge in [-0.2, -0.15) is 0 Å². The van der Waals surface area contributed by atoms with Crippen LogP contribution in [-0.2, 0) is 0 Å². The van der Waals surface area contributed by atoms with Crippen molar-refractivity contribution in [3.8, 4) is 0 Å². The molecule has 2 aromatic rings. The number of nitrogen functional groups attached to an aromatic ring is 1. The lowest BCUT2D eigenvalue weighted by Gasteiger charge is -2.10. The average molecular weight is 262 g/mol. The van der Waals surface area contributed by atoms with E-state index in [1.807, 2.05) is 0 Å².